The monoisotopic (exact) mass is 525 g/mol. The summed E-state index contributed by atoms with van der Waals surface area (Å²) in [4.78, 5) is 26.5. The average Bonchev–Trinajstić information content (AvgIpc) is 2.85. The van der Waals surface area contributed by atoms with Crippen molar-refractivity contribution in [3.63, 3.8) is 0 Å². The molecule has 9 heteroatoms. The number of halogens is 2. The molecule has 0 N–H and O–H groups in total. The lowest BCUT2D eigenvalue weighted by atomic mass is 9.99. The van der Waals surface area contributed by atoms with Gasteiger partial charge in [-0.3, -0.25) is 13.8 Å². The lowest BCUT2D eigenvalue weighted by Gasteiger charge is -2.43. The number of amides is 1. The Morgan fingerprint density at radius 2 is 1.82 bits per heavy atom. The molecule has 1 fully saturated rings. The van der Waals surface area contributed by atoms with Crippen molar-refractivity contribution < 1.29 is 23.3 Å². The summed E-state index contributed by atoms with van der Waals surface area (Å²) in [5.41, 5.74) is 0.868. The Kier molecular flexibility index (Phi) is 11.8. The molecule has 1 amide bonds. The highest BCUT2D eigenvalue weighted by molar-refractivity contribution is 7.87. The van der Waals surface area contributed by atoms with Crippen molar-refractivity contribution >= 4 is 45.9 Å². The van der Waals surface area contributed by atoms with Crippen LogP contribution in [0, 0.1) is 0 Å². The molecule has 6 nitrogen and oxygen atoms in total. The minimum Gasteiger partial charge on any atom is -0.469 e. The fraction of sp³-hybridized carbons (Fsp3) is 0.360. The van der Waals surface area contributed by atoms with E-state index in [9.17, 15) is 13.8 Å². The predicted octanol–water partition coefficient (Wildman–Crippen LogP) is 5.18. The van der Waals surface area contributed by atoms with Crippen LogP contribution in [0.15, 0.2) is 66.6 Å². The van der Waals surface area contributed by atoms with Crippen molar-refractivity contribution in [2.75, 3.05) is 19.5 Å². The molecule has 1 aliphatic rings. The molecule has 1 aliphatic heterocycles. The fourth-order valence-corrected chi connectivity index (χ4v) is 4.69. The zero-order valence-corrected chi connectivity index (χ0v) is 21.5. The van der Waals surface area contributed by atoms with Crippen LogP contribution < -0.4 is 0 Å². The van der Waals surface area contributed by atoms with Gasteiger partial charge in [0.1, 0.15) is 6.10 Å². The molecule has 0 bridgehead atoms. The van der Waals surface area contributed by atoms with Crippen molar-refractivity contribution in [1.82, 2.24) is 4.90 Å². The molecular weight excluding hydrogens is 497 g/mol. The summed E-state index contributed by atoms with van der Waals surface area (Å²) in [7, 11) is 0.0141. The first-order chi connectivity index (χ1) is 16.3. The van der Waals surface area contributed by atoms with Crippen LogP contribution >= 0.6 is 23.2 Å². The summed E-state index contributed by atoms with van der Waals surface area (Å²) in [5, 5.41) is 2.76. The van der Waals surface area contributed by atoms with Crippen molar-refractivity contribution in [1.29, 1.82) is 0 Å². The number of hydrogen-bond acceptors (Lipinski definition) is 5. The largest absolute Gasteiger partial charge is 0.469 e. The number of rotatable bonds is 8. The number of nitrogens with zero attached hydrogens (tertiary/aromatic N) is 1. The topological polar surface area (TPSA) is 72.9 Å². The number of esters is 1. The average molecular weight is 526 g/mol. The molecule has 4 unspecified atom stereocenters. The van der Waals surface area contributed by atoms with Crippen LogP contribution in [-0.4, -0.2) is 52.6 Å². The van der Waals surface area contributed by atoms with Crippen molar-refractivity contribution in [3.8, 4) is 0 Å². The Hall–Kier alpha value is -2.19. The van der Waals surface area contributed by atoms with Crippen molar-refractivity contribution in [2.45, 2.75) is 38.0 Å². The molecule has 34 heavy (non-hydrogen) atoms. The van der Waals surface area contributed by atoms with Gasteiger partial charge in [0.2, 0.25) is 0 Å². The Bertz CT molecular complexity index is 971. The standard InChI is InChI=1S/C19H24ClNO5S.C6H5Cl/c1-4-15(12-27(24)5-2)21-16(13-6-8-14(20)9-7-13)11-26-17(19(21)23)10-18(22)25-3;7-6-4-2-1-3-5-6/h5-9,15-17H,2,4,10-12H2,1,3H3;1-5H. The molecule has 2 aromatic carbocycles. The van der Waals surface area contributed by atoms with Gasteiger partial charge in [-0.25, -0.2) is 0 Å². The first-order valence-corrected chi connectivity index (χ1v) is 12.9. The van der Waals surface area contributed by atoms with Crippen LogP contribution in [0.4, 0.5) is 0 Å². The Morgan fingerprint density at radius 1 is 1.21 bits per heavy atom. The zero-order valence-electron chi connectivity index (χ0n) is 19.2. The minimum atomic E-state index is -1.26. The first kappa shape index (κ1) is 28.1. The molecule has 3 rings (SSSR count). The summed E-state index contributed by atoms with van der Waals surface area (Å²) < 4.78 is 22.4. The van der Waals surface area contributed by atoms with E-state index in [4.69, 9.17) is 27.9 Å². The normalized spacial score (nSPS) is 19.4. The van der Waals surface area contributed by atoms with Crippen LogP contribution in [0.3, 0.4) is 0 Å². The lowest BCUT2D eigenvalue weighted by molar-refractivity contribution is -0.169. The van der Waals surface area contributed by atoms with Crippen LogP contribution in [-0.2, 0) is 29.9 Å². The smallest absolute Gasteiger partial charge is 0.308 e. The molecule has 0 spiro atoms. The third-order valence-corrected chi connectivity index (χ3v) is 6.88. The predicted molar refractivity (Wildman–Crippen MR) is 136 cm³/mol. The van der Waals surface area contributed by atoms with E-state index < -0.39 is 22.9 Å². The molecule has 4 atom stereocenters. The number of ether oxygens (including phenoxy) is 2. The summed E-state index contributed by atoms with van der Waals surface area (Å²) in [6.45, 7) is 5.72. The van der Waals surface area contributed by atoms with Gasteiger partial charge < -0.3 is 14.4 Å². The number of hydrogen-bond donors (Lipinski definition) is 0. The van der Waals surface area contributed by atoms with E-state index in [1.807, 2.05) is 49.4 Å². The molecule has 2 aromatic rings. The Morgan fingerprint density at radius 3 is 2.32 bits per heavy atom. The van der Waals surface area contributed by atoms with E-state index in [1.54, 1.807) is 17.0 Å². The van der Waals surface area contributed by atoms with Gasteiger partial charge in [0.25, 0.3) is 5.91 Å². The van der Waals surface area contributed by atoms with Crippen molar-refractivity contribution in [2.24, 2.45) is 0 Å². The SMILES string of the molecule is C=CS(=O)CC(CC)N1C(=O)C(CC(=O)OC)OCC1c1ccc(Cl)cc1.Clc1ccccc1. The molecule has 1 saturated heterocycles. The van der Waals surface area contributed by atoms with Gasteiger partial charge in [0.05, 0.1) is 26.2 Å². The maximum absolute atomic E-state index is 13.1. The van der Waals surface area contributed by atoms with Crippen molar-refractivity contribution in [3.05, 3.63) is 82.2 Å². The van der Waals surface area contributed by atoms with E-state index in [1.165, 1.54) is 12.5 Å². The highest BCUT2D eigenvalue weighted by Gasteiger charge is 2.41. The maximum atomic E-state index is 13.1. The number of carbonyl (C=O) groups excluding carboxylic acids is 2. The number of benzene rings is 2. The van der Waals surface area contributed by atoms with E-state index in [-0.39, 0.29) is 36.8 Å². The van der Waals surface area contributed by atoms with Gasteiger partial charge in [-0.15, -0.1) is 0 Å². The van der Waals surface area contributed by atoms with Crippen LogP contribution in [0.2, 0.25) is 10.0 Å². The van der Waals surface area contributed by atoms with E-state index >= 15 is 0 Å². The second-order valence-corrected chi connectivity index (χ2v) is 9.79. The molecular formula is C25H29Cl2NO5S. The highest BCUT2D eigenvalue weighted by Crippen LogP contribution is 2.32. The minimum absolute atomic E-state index is 0.153. The van der Waals surface area contributed by atoms with E-state index in [2.05, 4.69) is 11.3 Å². The first-order valence-electron chi connectivity index (χ1n) is 10.8. The number of morpholine rings is 1. The molecule has 0 radical (unpaired) electrons. The Balaban J connectivity index is 0.000000497. The zero-order chi connectivity index (χ0) is 25.1. The summed E-state index contributed by atoms with van der Waals surface area (Å²) >= 11 is 11.5. The van der Waals surface area contributed by atoms with Crippen LogP contribution in [0.25, 0.3) is 0 Å². The van der Waals surface area contributed by atoms with E-state index in [0.29, 0.717) is 11.4 Å². The van der Waals surface area contributed by atoms with E-state index in [0.717, 1.165) is 10.6 Å². The third kappa shape index (κ3) is 8.24. The summed E-state index contributed by atoms with van der Waals surface area (Å²) in [6, 6.07) is 16.0. The fourth-order valence-electron chi connectivity index (χ4n) is 3.50. The molecule has 0 aliphatic carbocycles. The van der Waals surface area contributed by atoms with Gasteiger partial charge in [-0.05, 0) is 41.7 Å². The Labute approximate surface area is 213 Å². The van der Waals surface area contributed by atoms with Gasteiger partial charge in [0, 0.05) is 32.6 Å². The lowest BCUT2D eigenvalue weighted by Crippen LogP contribution is -2.55. The highest BCUT2D eigenvalue weighted by atomic mass is 35.5. The molecule has 0 saturated carbocycles. The number of methoxy groups -OCH3 is 1. The summed E-state index contributed by atoms with van der Waals surface area (Å²) in [5.74, 6) is -0.540. The molecule has 184 valence electrons. The second kappa shape index (κ2) is 14.3. The maximum Gasteiger partial charge on any atom is 0.308 e. The van der Waals surface area contributed by atoms with Gasteiger partial charge in [-0.2, -0.15) is 0 Å². The van der Waals surface area contributed by atoms with Crippen LogP contribution in [0.1, 0.15) is 31.4 Å². The second-order valence-electron chi connectivity index (χ2n) is 7.49. The quantitative estimate of drug-likeness (QED) is 0.443. The third-order valence-electron chi connectivity index (χ3n) is 5.30. The molecule has 0 aromatic heterocycles. The van der Waals surface area contributed by atoms with Crippen LogP contribution in [0.5, 0.6) is 0 Å². The van der Waals surface area contributed by atoms with Gasteiger partial charge in [0.15, 0.2) is 0 Å². The van der Waals surface area contributed by atoms with Gasteiger partial charge in [-0.1, -0.05) is 67.0 Å². The number of carbonyl (C=O) groups is 2. The summed E-state index contributed by atoms with van der Waals surface area (Å²) in [6.07, 6.45) is -0.451. The van der Waals surface area contributed by atoms with Gasteiger partial charge >= 0.3 is 5.97 Å². The molecule has 1 heterocycles.